The second kappa shape index (κ2) is 8.91. The molecule has 0 radical (unpaired) electrons. The first-order valence-electron chi connectivity index (χ1n) is 10.4. The first-order valence-corrected chi connectivity index (χ1v) is 10.4. The maximum absolute atomic E-state index is 13.1. The third kappa shape index (κ3) is 4.11. The summed E-state index contributed by atoms with van der Waals surface area (Å²) < 4.78 is 0. The molecule has 6 nitrogen and oxygen atoms in total. The first kappa shape index (κ1) is 19.8. The van der Waals surface area contributed by atoms with Gasteiger partial charge in [-0.05, 0) is 43.9 Å². The number of fused-ring (bicyclic) bond motifs is 1. The molecule has 0 aliphatic carbocycles. The molecule has 30 heavy (non-hydrogen) atoms. The van der Waals surface area contributed by atoms with Gasteiger partial charge < -0.3 is 10.2 Å². The Morgan fingerprint density at radius 2 is 1.63 bits per heavy atom. The molecule has 1 fully saturated rings. The van der Waals surface area contributed by atoms with Crippen molar-refractivity contribution < 1.29 is 4.79 Å². The summed E-state index contributed by atoms with van der Waals surface area (Å²) in [5.74, 6) is -0.718. The van der Waals surface area contributed by atoms with E-state index < -0.39 is 5.92 Å². The zero-order chi connectivity index (χ0) is 20.9. The van der Waals surface area contributed by atoms with Crippen molar-refractivity contribution in [2.45, 2.75) is 38.1 Å². The standard InChI is InChI=1S/C24H25N5O/c1-17(18-10-4-2-5-11-18)26-24(30)19(16-25)22-23(29-14-8-3-9-15-29)28-21-13-7-6-12-20(21)27-22/h2,4-7,10-13,17,19H,3,8-9,14-15H2,1H3,(H,26,30)/t17-,19+/m0/s1. The van der Waals surface area contributed by atoms with Crippen molar-refractivity contribution in [1.82, 2.24) is 15.3 Å². The molecule has 3 aromatic rings. The predicted molar refractivity (Wildman–Crippen MR) is 117 cm³/mol. The number of aromatic nitrogens is 2. The van der Waals surface area contributed by atoms with E-state index in [1.54, 1.807) is 0 Å². The Morgan fingerprint density at radius 1 is 1.00 bits per heavy atom. The second-order valence-electron chi connectivity index (χ2n) is 7.67. The van der Waals surface area contributed by atoms with E-state index in [0.717, 1.165) is 37.0 Å². The van der Waals surface area contributed by atoms with Crippen molar-refractivity contribution in [2.75, 3.05) is 18.0 Å². The van der Waals surface area contributed by atoms with Crippen LogP contribution in [0, 0.1) is 11.3 Å². The summed E-state index contributed by atoms with van der Waals surface area (Å²) in [6.45, 7) is 3.64. The average molecular weight is 399 g/mol. The Bertz CT molecular complexity index is 1070. The maximum Gasteiger partial charge on any atom is 0.244 e. The van der Waals surface area contributed by atoms with Crippen molar-refractivity contribution in [2.24, 2.45) is 0 Å². The lowest BCUT2D eigenvalue weighted by molar-refractivity contribution is -0.122. The van der Waals surface area contributed by atoms with Crippen molar-refractivity contribution in [3.05, 3.63) is 65.9 Å². The molecule has 1 aliphatic heterocycles. The number of benzene rings is 2. The highest BCUT2D eigenvalue weighted by Crippen LogP contribution is 2.29. The van der Waals surface area contributed by atoms with E-state index in [4.69, 9.17) is 9.97 Å². The molecular formula is C24H25N5O. The van der Waals surface area contributed by atoms with Gasteiger partial charge >= 0.3 is 0 Å². The average Bonchev–Trinajstić information content (AvgIpc) is 2.80. The molecule has 2 aromatic carbocycles. The third-order valence-electron chi connectivity index (χ3n) is 5.56. The molecule has 152 valence electrons. The zero-order valence-electron chi connectivity index (χ0n) is 17.1. The summed E-state index contributed by atoms with van der Waals surface area (Å²) in [5.41, 5.74) is 2.90. The minimum absolute atomic E-state index is 0.207. The van der Waals surface area contributed by atoms with Crippen LogP contribution in [0.4, 0.5) is 5.82 Å². The van der Waals surface area contributed by atoms with Gasteiger partial charge in [-0.15, -0.1) is 0 Å². The number of anilines is 1. The van der Waals surface area contributed by atoms with E-state index in [2.05, 4.69) is 16.3 Å². The highest BCUT2D eigenvalue weighted by Gasteiger charge is 2.30. The molecule has 2 heterocycles. The minimum Gasteiger partial charge on any atom is -0.355 e. The lowest BCUT2D eigenvalue weighted by Gasteiger charge is -2.30. The quantitative estimate of drug-likeness (QED) is 0.698. The number of piperidine rings is 1. The topological polar surface area (TPSA) is 81.9 Å². The monoisotopic (exact) mass is 399 g/mol. The number of carbonyl (C=O) groups excluding carboxylic acids is 1. The van der Waals surface area contributed by atoms with Crippen LogP contribution in [0.15, 0.2) is 54.6 Å². The normalized spacial score (nSPS) is 15.9. The molecule has 1 amide bonds. The lowest BCUT2D eigenvalue weighted by Crippen LogP contribution is -2.35. The molecular weight excluding hydrogens is 374 g/mol. The van der Waals surface area contributed by atoms with E-state index in [0.29, 0.717) is 17.0 Å². The number of para-hydroxylation sites is 2. The number of carbonyl (C=O) groups is 1. The highest BCUT2D eigenvalue weighted by molar-refractivity contribution is 5.89. The Balaban J connectivity index is 1.69. The molecule has 1 aromatic heterocycles. The van der Waals surface area contributed by atoms with Gasteiger partial charge in [0.1, 0.15) is 5.69 Å². The van der Waals surface area contributed by atoms with Crippen LogP contribution in [0.1, 0.15) is 49.4 Å². The van der Waals surface area contributed by atoms with Gasteiger partial charge in [0, 0.05) is 13.1 Å². The van der Waals surface area contributed by atoms with Gasteiger partial charge in [-0.25, -0.2) is 9.97 Å². The first-order chi connectivity index (χ1) is 14.7. The number of nitriles is 1. The van der Waals surface area contributed by atoms with Crippen molar-refractivity contribution in [3.8, 4) is 6.07 Å². The van der Waals surface area contributed by atoms with Crippen LogP contribution in [0.2, 0.25) is 0 Å². The van der Waals surface area contributed by atoms with E-state index >= 15 is 0 Å². The van der Waals surface area contributed by atoms with Gasteiger partial charge in [-0.3, -0.25) is 4.79 Å². The molecule has 0 unspecified atom stereocenters. The SMILES string of the molecule is C[C@H](NC(=O)[C@H](C#N)c1nc2ccccc2nc1N1CCCCC1)c1ccccc1. The van der Waals surface area contributed by atoms with Gasteiger partial charge in [0.05, 0.1) is 23.1 Å². The van der Waals surface area contributed by atoms with E-state index in [-0.39, 0.29) is 11.9 Å². The summed E-state index contributed by atoms with van der Waals surface area (Å²) in [7, 11) is 0. The van der Waals surface area contributed by atoms with Crippen molar-refractivity contribution in [3.63, 3.8) is 0 Å². The zero-order valence-corrected chi connectivity index (χ0v) is 17.1. The fourth-order valence-corrected chi connectivity index (χ4v) is 3.90. The number of hydrogen-bond acceptors (Lipinski definition) is 5. The Labute approximate surface area is 176 Å². The summed E-state index contributed by atoms with van der Waals surface area (Å²) in [6.07, 6.45) is 3.33. The fourth-order valence-electron chi connectivity index (χ4n) is 3.90. The summed E-state index contributed by atoms with van der Waals surface area (Å²) >= 11 is 0. The van der Waals surface area contributed by atoms with Crippen LogP contribution in [0.5, 0.6) is 0 Å². The fraction of sp³-hybridized carbons (Fsp3) is 0.333. The summed E-state index contributed by atoms with van der Waals surface area (Å²) in [5, 5.41) is 12.9. The Morgan fingerprint density at radius 3 is 2.30 bits per heavy atom. The van der Waals surface area contributed by atoms with Crippen molar-refractivity contribution in [1.29, 1.82) is 5.26 Å². The number of hydrogen-bond donors (Lipinski definition) is 1. The molecule has 1 aliphatic rings. The molecule has 6 heteroatoms. The Hall–Kier alpha value is -3.46. The van der Waals surface area contributed by atoms with Crippen LogP contribution in [0.3, 0.4) is 0 Å². The Kier molecular flexibility index (Phi) is 5.89. The van der Waals surface area contributed by atoms with Gasteiger partial charge in [0.15, 0.2) is 11.7 Å². The molecule has 0 bridgehead atoms. The van der Waals surface area contributed by atoms with Gasteiger partial charge in [0.25, 0.3) is 0 Å². The van der Waals surface area contributed by atoms with Crippen LogP contribution in [0.25, 0.3) is 11.0 Å². The predicted octanol–water partition coefficient (Wildman–Crippen LogP) is 4.10. The number of rotatable bonds is 5. The second-order valence-corrected chi connectivity index (χ2v) is 7.67. The van der Waals surface area contributed by atoms with Crippen LogP contribution in [-0.2, 0) is 4.79 Å². The van der Waals surface area contributed by atoms with Crippen molar-refractivity contribution >= 4 is 22.8 Å². The molecule has 0 spiro atoms. The van der Waals surface area contributed by atoms with E-state index in [9.17, 15) is 10.1 Å². The molecule has 1 N–H and O–H groups in total. The van der Waals surface area contributed by atoms with Crippen LogP contribution >= 0.6 is 0 Å². The maximum atomic E-state index is 13.1. The van der Waals surface area contributed by atoms with Crippen LogP contribution in [-0.4, -0.2) is 29.0 Å². The van der Waals surface area contributed by atoms with Gasteiger partial charge in [-0.2, -0.15) is 5.26 Å². The van der Waals surface area contributed by atoms with Gasteiger partial charge in [-0.1, -0.05) is 42.5 Å². The largest absolute Gasteiger partial charge is 0.355 e. The van der Waals surface area contributed by atoms with E-state index in [1.807, 2.05) is 61.5 Å². The summed E-state index contributed by atoms with van der Waals surface area (Å²) in [4.78, 5) is 24.8. The summed E-state index contributed by atoms with van der Waals surface area (Å²) in [6, 6.07) is 19.3. The lowest BCUT2D eigenvalue weighted by atomic mass is 10.0. The smallest absolute Gasteiger partial charge is 0.244 e. The van der Waals surface area contributed by atoms with Crippen LogP contribution < -0.4 is 10.2 Å². The number of amides is 1. The minimum atomic E-state index is -1.02. The molecule has 1 saturated heterocycles. The molecule has 0 saturated carbocycles. The number of nitrogens with one attached hydrogen (secondary N) is 1. The van der Waals surface area contributed by atoms with E-state index in [1.165, 1.54) is 6.42 Å². The number of nitrogens with zero attached hydrogens (tertiary/aromatic N) is 4. The van der Waals surface area contributed by atoms with Gasteiger partial charge in [0.2, 0.25) is 5.91 Å². The molecule has 2 atom stereocenters. The molecule has 4 rings (SSSR count). The highest BCUT2D eigenvalue weighted by atomic mass is 16.1. The third-order valence-corrected chi connectivity index (χ3v) is 5.56.